The molecule has 0 aliphatic carbocycles. The molecule has 1 fully saturated rings. The molecule has 1 unspecified atom stereocenters. The van der Waals surface area contributed by atoms with Gasteiger partial charge < -0.3 is 14.9 Å². The second-order valence-electron chi connectivity index (χ2n) is 2.63. The highest BCUT2D eigenvalue weighted by Crippen LogP contribution is 2.34. The molecule has 2 N–H and O–H groups in total. The first-order valence-electron chi connectivity index (χ1n) is 2.54. The standard InChI is InChI=1S/C5H10O3/c1-4(2,6)5(7)3-8-5/h6-7H,3H2,1-2H3. The second-order valence-corrected chi connectivity index (χ2v) is 2.63. The van der Waals surface area contributed by atoms with Gasteiger partial charge in [0, 0.05) is 0 Å². The third-order valence-corrected chi connectivity index (χ3v) is 1.37. The van der Waals surface area contributed by atoms with Crippen molar-refractivity contribution in [3.05, 3.63) is 0 Å². The molecule has 0 spiro atoms. The van der Waals surface area contributed by atoms with E-state index in [0.29, 0.717) is 0 Å². The fraction of sp³-hybridized carbons (Fsp3) is 1.00. The van der Waals surface area contributed by atoms with Crippen LogP contribution in [0.25, 0.3) is 0 Å². The second kappa shape index (κ2) is 1.23. The van der Waals surface area contributed by atoms with E-state index in [1.54, 1.807) is 0 Å². The van der Waals surface area contributed by atoms with Gasteiger partial charge in [-0.25, -0.2) is 0 Å². The third kappa shape index (κ3) is 0.727. The molecule has 0 aromatic rings. The normalized spacial score (nSPS) is 37.5. The zero-order valence-electron chi connectivity index (χ0n) is 5.01. The van der Waals surface area contributed by atoms with Crippen LogP contribution in [0.4, 0.5) is 0 Å². The van der Waals surface area contributed by atoms with Crippen LogP contribution in [0.1, 0.15) is 13.8 Å². The van der Waals surface area contributed by atoms with E-state index in [0.717, 1.165) is 0 Å². The monoisotopic (exact) mass is 118 g/mol. The van der Waals surface area contributed by atoms with E-state index in [1.807, 2.05) is 0 Å². The lowest BCUT2D eigenvalue weighted by atomic mass is 10.0. The van der Waals surface area contributed by atoms with Crippen LogP contribution in [0.5, 0.6) is 0 Å². The molecule has 0 saturated carbocycles. The predicted molar refractivity (Wildman–Crippen MR) is 27.2 cm³/mol. The van der Waals surface area contributed by atoms with Crippen molar-refractivity contribution in [3.63, 3.8) is 0 Å². The van der Waals surface area contributed by atoms with Crippen LogP contribution in [-0.4, -0.2) is 28.2 Å². The molecule has 1 aliphatic heterocycles. The molecule has 1 atom stereocenters. The summed E-state index contributed by atoms with van der Waals surface area (Å²) in [5.41, 5.74) is -1.12. The molecule has 3 heteroatoms. The summed E-state index contributed by atoms with van der Waals surface area (Å²) in [7, 11) is 0. The molecule has 1 aliphatic rings. The third-order valence-electron chi connectivity index (χ3n) is 1.37. The molecule has 1 rings (SSSR count). The Bertz CT molecular complexity index is 95.5. The summed E-state index contributed by atoms with van der Waals surface area (Å²) in [5.74, 6) is -1.26. The summed E-state index contributed by atoms with van der Waals surface area (Å²) in [4.78, 5) is 0. The van der Waals surface area contributed by atoms with Crippen molar-refractivity contribution >= 4 is 0 Å². The van der Waals surface area contributed by atoms with E-state index in [2.05, 4.69) is 4.74 Å². The largest absolute Gasteiger partial charge is 0.385 e. The maximum atomic E-state index is 9.04. The van der Waals surface area contributed by atoms with E-state index in [4.69, 9.17) is 10.2 Å². The number of ether oxygens (including phenoxy) is 1. The maximum absolute atomic E-state index is 9.04. The molecular formula is C5H10O3. The molecular weight excluding hydrogens is 108 g/mol. The van der Waals surface area contributed by atoms with Crippen LogP contribution < -0.4 is 0 Å². The predicted octanol–water partition coefficient (Wildman–Crippen LogP) is -0.524. The summed E-state index contributed by atoms with van der Waals surface area (Å²) in [6, 6.07) is 0. The van der Waals surface area contributed by atoms with Gasteiger partial charge in [0.25, 0.3) is 0 Å². The fourth-order valence-corrected chi connectivity index (χ4v) is 0.422. The van der Waals surface area contributed by atoms with Gasteiger partial charge in [0.15, 0.2) is 0 Å². The molecule has 0 amide bonds. The average Bonchev–Trinajstić information content (AvgIpc) is 2.16. The fourth-order valence-electron chi connectivity index (χ4n) is 0.422. The maximum Gasteiger partial charge on any atom is 0.218 e. The lowest BCUT2D eigenvalue weighted by molar-refractivity contribution is -0.124. The van der Waals surface area contributed by atoms with Crippen molar-refractivity contribution in [2.75, 3.05) is 6.61 Å². The van der Waals surface area contributed by atoms with Crippen LogP contribution in [0.2, 0.25) is 0 Å². The molecule has 1 heterocycles. The lowest BCUT2D eigenvalue weighted by Gasteiger charge is -2.19. The Kier molecular flexibility index (Phi) is 0.927. The average molecular weight is 118 g/mol. The zero-order chi connectivity index (χ0) is 6.41. The molecule has 3 nitrogen and oxygen atoms in total. The minimum Gasteiger partial charge on any atom is -0.385 e. The van der Waals surface area contributed by atoms with Gasteiger partial charge in [-0.1, -0.05) is 0 Å². The van der Waals surface area contributed by atoms with Crippen molar-refractivity contribution in [2.24, 2.45) is 0 Å². The Morgan fingerprint density at radius 2 is 2.00 bits per heavy atom. The number of aliphatic hydroxyl groups is 2. The SMILES string of the molecule is CC(C)(O)C1(O)CO1. The Labute approximate surface area is 47.9 Å². The molecule has 0 aromatic heterocycles. The smallest absolute Gasteiger partial charge is 0.218 e. The number of hydrogen-bond acceptors (Lipinski definition) is 3. The highest BCUT2D eigenvalue weighted by Gasteiger charge is 2.55. The van der Waals surface area contributed by atoms with E-state index >= 15 is 0 Å². The molecule has 48 valence electrons. The molecule has 0 bridgehead atoms. The first-order chi connectivity index (χ1) is 3.46. The van der Waals surface area contributed by atoms with Crippen molar-refractivity contribution in [2.45, 2.75) is 25.2 Å². The van der Waals surface area contributed by atoms with Crippen molar-refractivity contribution < 1.29 is 14.9 Å². The van der Waals surface area contributed by atoms with Gasteiger partial charge in [0.05, 0.1) is 0 Å². The zero-order valence-corrected chi connectivity index (χ0v) is 5.01. The van der Waals surface area contributed by atoms with Gasteiger partial charge in [-0.3, -0.25) is 0 Å². The minimum atomic E-state index is -1.26. The van der Waals surface area contributed by atoms with E-state index in [1.165, 1.54) is 13.8 Å². The lowest BCUT2D eigenvalue weighted by Crippen LogP contribution is -2.39. The van der Waals surface area contributed by atoms with Gasteiger partial charge in [-0.2, -0.15) is 0 Å². The summed E-state index contributed by atoms with van der Waals surface area (Å²) in [6.45, 7) is 3.27. The summed E-state index contributed by atoms with van der Waals surface area (Å²) < 4.78 is 4.57. The number of epoxide rings is 1. The Balaban J connectivity index is 2.58. The van der Waals surface area contributed by atoms with Crippen molar-refractivity contribution in [1.82, 2.24) is 0 Å². The first kappa shape index (κ1) is 6.01. The minimum absolute atomic E-state index is 0.247. The molecule has 0 aromatic carbocycles. The summed E-state index contributed by atoms with van der Waals surface area (Å²) >= 11 is 0. The number of rotatable bonds is 1. The van der Waals surface area contributed by atoms with Gasteiger partial charge in [-0.05, 0) is 13.8 Å². The van der Waals surface area contributed by atoms with E-state index in [-0.39, 0.29) is 6.61 Å². The van der Waals surface area contributed by atoms with Crippen LogP contribution >= 0.6 is 0 Å². The van der Waals surface area contributed by atoms with Crippen molar-refractivity contribution in [1.29, 1.82) is 0 Å². The molecule has 0 radical (unpaired) electrons. The van der Waals surface area contributed by atoms with E-state index < -0.39 is 11.4 Å². The molecule has 8 heavy (non-hydrogen) atoms. The van der Waals surface area contributed by atoms with Crippen LogP contribution in [0.15, 0.2) is 0 Å². The van der Waals surface area contributed by atoms with Gasteiger partial charge in [-0.15, -0.1) is 0 Å². The van der Waals surface area contributed by atoms with Crippen LogP contribution in [0, 0.1) is 0 Å². The summed E-state index contributed by atoms with van der Waals surface area (Å²) in [5, 5.41) is 18.0. The van der Waals surface area contributed by atoms with Gasteiger partial charge in [0.2, 0.25) is 5.79 Å². The first-order valence-corrected chi connectivity index (χ1v) is 2.54. The highest BCUT2D eigenvalue weighted by atomic mass is 16.7. The van der Waals surface area contributed by atoms with Gasteiger partial charge in [0.1, 0.15) is 12.2 Å². The molecule has 1 saturated heterocycles. The summed E-state index contributed by atoms with van der Waals surface area (Å²) in [6.07, 6.45) is 0. The Morgan fingerprint density at radius 3 is 2.00 bits per heavy atom. The Morgan fingerprint density at radius 1 is 1.62 bits per heavy atom. The van der Waals surface area contributed by atoms with Crippen LogP contribution in [0.3, 0.4) is 0 Å². The topological polar surface area (TPSA) is 53.0 Å². The van der Waals surface area contributed by atoms with Crippen LogP contribution in [-0.2, 0) is 4.74 Å². The van der Waals surface area contributed by atoms with E-state index in [9.17, 15) is 0 Å². The van der Waals surface area contributed by atoms with Crippen molar-refractivity contribution in [3.8, 4) is 0 Å². The quantitative estimate of drug-likeness (QED) is 0.455. The van der Waals surface area contributed by atoms with Gasteiger partial charge >= 0.3 is 0 Å². The highest BCUT2D eigenvalue weighted by molar-refractivity contribution is 4.94. The Hall–Kier alpha value is -0.120. The number of hydrogen-bond donors (Lipinski definition) is 2.